The molecule has 144 valence electrons. The van der Waals surface area contributed by atoms with Crippen LogP contribution < -0.4 is 9.47 Å². The van der Waals surface area contributed by atoms with Crippen LogP contribution in [0.2, 0.25) is 0 Å². The number of carbonyl (C=O) groups excluding carboxylic acids is 1. The maximum Gasteiger partial charge on any atom is 0.340 e. The van der Waals surface area contributed by atoms with Crippen molar-refractivity contribution in [3.63, 3.8) is 0 Å². The van der Waals surface area contributed by atoms with E-state index < -0.39 is 5.97 Å². The normalized spacial score (nSPS) is 10.4. The number of aromatic amines is 1. The molecule has 0 saturated heterocycles. The Morgan fingerprint density at radius 2 is 1.46 bits per heavy atom. The van der Waals surface area contributed by atoms with E-state index in [2.05, 4.69) is 11.6 Å². The summed E-state index contributed by atoms with van der Waals surface area (Å²) >= 11 is 0. The maximum absolute atomic E-state index is 12.7. The topological polar surface area (TPSA) is 60.5 Å². The number of hydrogen-bond acceptors (Lipinski definition) is 4. The predicted molar refractivity (Wildman–Crippen MR) is 110 cm³/mol. The summed E-state index contributed by atoms with van der Waals surface area (Å²) in [6.45, 7) is 3.81. The Bertz CT molecular complexity index is 969. The molecular formula is C23H23NO4. The first-order valence-electron chi connectivity index (χ1n) is 8.85. The number of aromatic nitrogens is 1. The molecule has 0 unspecified atom stereocenters. The van der Waals surface area contributed by atoms with E-state index in [1.54, 1.807) is 20.3 Å². The summed E-state index contributed by atoms with van der Waals surface area (Å²) in [6.07, 6.45) is 2.28. The minimum Gasteiger partial charge on any atom is -0.497 e. The van der Waals surface area contributed by atoms with Crippen LogP contribution in [0.5, 0.6) is 11.5 Å². The highest BCUT2D eigenvalue weighted by molar-refractivity contribution is 6.03. The minimum absolute atomic E-state index is 0.390. The summed E-state index contributed by atoms with van der Waals surface area (Å²) in [5.41, 5.74) is 4.73. The number of hydrogen-bond donors (Lipinski definition) is 1. The molecule has 0 atom stereocenters. The van der Waals surface area contributed by atoms with Crippen molar-refractivity contribution in [1.82, 2.24) is 4.98 Å². The van der Waals surface area contributed by atoms with Crippen molar-refractivity contribution in [2.75, 3.05) is 21.3 Å². The molecule has 5 nitrogen and oxygen atoms in total. The fraction of sp³-hybridized carbons (Fsp3) is 0.174. The molecule has 1 aromatic heterocycles. The first kappa shape index (κ1) is 19.3. The monoisotopic (exact) mass is 377 g/mol. The van der Waals surface area contributed by atoms with Gasteiger partial charge in [-0.1, -0.05) is 18.2 Å². The Balaban J connectivity index is 2.26. The molecule has 3 rings (SSSR count). The zero-order chi connectivity index (χ0) is 20.1. The molecule has 0 radical (unpaired) electrons. The predicted octanol–water partition coefficient (Wildman–Crippen LogP) is 4.88. The molecular weight excluding hydrogens is 354 g/mol. The summed E-state index contributed by atoms with van der Waals surface area (Å²) in [6, 6.07) is 15.3. The third kappa shape index (κ3) is 3.64. The van der Waals surface area contributed by atoms with Crippen LogP contribution in [-0.2, 0) is 11.2 Å². The quantitative estimate of drug-likeness (QED) is 0.471. The number of methoxy groups -OCH3 is 3. The highest BCUT2D eigenvalue weighted by Gasteiger charge is 2.25. The molecule has 0 saturated carbocycles. The first-order valence-corrected chi connectivity index (χ1v) is 8.85. The zero-order valence-corrected chi connectivity index (χ0v) is 16.2. The third-order valence-corrected chi connectivity index (χ3v) is 4.57. The van der Waals surface area contributed by atoms with E-state index in [1.807, 2.05) is 48.5 Å². The first-order chi connectivity index (χ1) is 13.6. The minimum atomic E-state index is -0.390. The van der Waals surface area contributed by atoms with E-state index in [1.165, 1.54) is 7.11 Å². The van der Waals surface area contributed by atoms with Crippen molar-refractivity contribution >= 4 is 5.97 Å². The lowest BCUT2D eigenvalue weighted by atomic mass is 9.96. The molecule has 1 heterocycles. The van der Waals surface area contributed by atoms with Crippen LogP contribution >= 0.6 is 0 Å². The molecule has 28 heavy (non-hydrogen) atoms. The number of carbonyl (C=O) groups is 1. The number of H-pyrrole nitrogens is 1. The van der Waals surface area contributed by atoms with E-state index in [-0.39, 0.29) is 0 Å². The van der Waals surface area contributed by atoms with Crippen molar-refractivity contribution in [2.45, 2.75) is 6.42 Å². The van der Waals surface area contributed by atoms with Crippen LogP contribution in [0.15, 0.2) is 61.2 Å². The Kier molecular flexibility index (Phi) is 5.84. The molecule has 0 bridgehead atoms. The lowest BCUT2D eigenvalue weighted by Gasteiger charge is -2.09. The van der Waals surface area contributed by atoms with Crippen LogP contribution in [0.25, 0.3) is 22.4 Å². The largest absolute Gasteiger partial charge is 0.497 e. The number of benzene rings is 2. The number of ether oxygens (including phenoxy) is 3. The van der Waals surface area contributed by atoms with Gasteiger partial charge in [0.05, 0.1) is 32.6 Å². The van der Waals surface area contributed by atoms with Gasteiger partial charge in [0, 0.05) is 17.7 Å². The van der Waals surface area contributed by atoms with Gasteiger partial charge in [0.15, 0.2) is 0 Å². The van der Waals surface area contributed by atoms with E-state index in [4.69, 9.17) is 14.2 Å². The van der Waals surface area contributed by atoms with Crippen LogP contribution in [-0.4, -0.2) is 32.3 Å². The van der Waals surface area contributed by atoms with E-state index >= 15 is 0 Å². The van der Waals surface area contributed by atoms with Gasteiger partial charge in [0.25, 0.3) is 0 Å². The fourth-order valence-corrected chi connectivity index (χ4v) is 3.20. The van der Waals surface area contributed by atoms with Gasteiger partial charge in [0.1, 0.15) is 11.5 Å². The molecule has 0 aliphatic carbocycles. The summed E-state index contributed by atoms with van der Waals surface area (Å²) in [5, 5.41) is 0. The van der Waals surface area contributed by atoms with Crippen molar-refractivity contribution in [1.29, 1.82) is 0 Å². The van der Waals surface area contributed by atoms with E-state index in [9.17, 15) is 4.79 Å². The third-order valence-electron chi connectivity index (χ3n) is 4.57. The highest BCUT2D eigenvalue weighted by atomic mass is 16.5. The molecule has 0 fully saturated rings. The van der Waals surface area contributed by atoms with Gasteiger partial charge < -0.3 is 19.2 Å². The highest BCUT2D eigenvalue weighted by Crippen LogP contribution is 2.38. The molecule has 2 aromatic carbocycles. The molecule has 0 amide bonds. The van der Waals surface area contributed by atoms with E-state index in [0.717, 1.165) is 39.6 Å². The average Bonchev–Trinajstić information content (AvgIpc) is 3.12. The van der Waals surface area contributed by atoms with Gasteiger partial charge in [0.2, 0.25) is 0 Å². The van der Waals surface area contributed by atoms with Crippen molar-refractivity contribution in [3.05, 3.63) is 72.4 Å². The average molecular weight is 377 g/mol. The van der Waals surface area contributed by atoms with E-state index in [0.29, 0.717) is 12.0 Å². The van der Waals surface area contributed by atoms with Gasteiger partial charge in [-0.3, -0.25) is 0 Å². The SMILES string of the molecule is C=CCc1[nH]c(-c2ccc(OC)cc2)c(-c2ccc(OC)cc2)c1C(=O)OC. The Hall–Kier alpha value is -3.47. The smallest absolute Gasteiger partial charge is 0.340 e. The molecule has 0 aliphatic heterocycles. The van der Waals surface area contributed by atoms with Gasteiger partial charge in [-0.05, 0) is 47.5 Å². The second-order valence-electron chi connectivity index (χ2n) is 6.17. The fourth-order valence-electron chi connectivity index (χ4n) is 3.20. The number of allylic oxidation sites excluding steroid dienone is 1. The molecule has 1 N–H and O–H groups in total. The Morgan fingerprint density at radius 3 is 1.93 bits per heavy atom. The van der Waals surface area contributed by atoms with Crippen LogP contribution in [0.3, 0.4) is 0 Å². The second-order valence-corrected chi connectivity index (χ2v) is 6.17. The maximum atomic E-state index is 12.7. The molecule has 0 aliphatic rings. The lowest BCUT2D eigenvalue weighted by Crippen LogP contribution is -2.05. The van der Waals surface area contributed by atoms with Gasteiger partial charge in [-0.15, -0.1) is 6.58 Å². The number of esters is 1. The lowest BCUT2D eigenvalue weighted by molar-refractivity contribution is 0.0600. The summed E-state index contributed by atoms with van der Waals surface area (Å²) in [7, 11) is 4.64. The Labute approximate surface area is 164 Å². The summed E-state index contributed by atoms with van der Waals surface area (Å²) in [5.74, 6) is 1.12. The van der Waals surface area contributed by atoms with Crippen LogP contribution in [0, 0.1) is 0 Å². The second kappa shape index (κ2) is 8.48. The van der Waals surface area contributed by atoms with Crippen LogP contribution in [0.4, 0.5) is 0 Å². The van der Waals surface area contributed by atoms with Gasteiger partial charge >= 0.3 is 5.97 Å². The summed E-state index contributed by atoms with van der Waals surface area (Å²) in [4.78, 5) is 16.1. The molecule has 0 spiro atoms. The standard InChI is InChI=1S/C23H23NO4/c1-5-6-19-21(23(25)28-4)20(15-7-11-17(26-2)12-8-15)22(24-19)16-9-13-18(27-3)14-10-16/h5,7-14,24H,1,6H2,2-4H3. The zero-order valence-electron chi connectivity index (χ0n) is 16.2. The number of rotatable bonds is 7. The van der Waals surface area contributed by atoms with Crippen molar-refractivity contribution in [3.8, 4) is 33.9 Å². The van der Waals surface area contributed by atoms with Crippen molar-refractivity contribution < 1.29 is 19.0 Å². The van der Waals surface area contributed by atoms with Gasteiger partial charge in [-0.25, -0.2) is 4.79 Å². The van der Waals surface area contributed by atoms with Crippen LogP contribution in [0.1, 0.15) is 16.1 Å². The summed E-state index contributed by atoms with van der Waals surface area (Å²) < 4.78 is 15.6. The molecule has 3 aromatic rings. The Morgan fingerprint density at radius 1 is 0.929 bits per heavy atom. The van der Waals surface area contributed by atoms with Gasteiger partial charge in [-0.2, -0.15) is 0 Å². The number of nitrogens with one attached hydrogen (secondary N) is 1. The van der Waals surface area contributed by atoms with Crippen molar-refractivity contribution in [2.24, 2.45) is 0 Å². The molecule has 5 heteroatoms.